The van der Waals surface area contributed by atoms with E-state index in [1.807, 2.05) is 0 Å². The summed E-state index contributed by atoms with van der Waals surface area (Å²) in [6.45, 7) is 1.68. The molecule has 0 bridgehead atoms. The number of Topliss-reactive ketones (excluding diaryl/α,β-unsaturated/α-hetero) is 2. The van der Waals surface area contributed by atoms with Crippen LogP contribution in [0.3, 0.4) is 0 Å². The monoisotopic (exact) mass is 485 g/mol. The number of oxime groups is 1. The molecule has 0 radical (unpaired) electrons. The second kappa shape index (κ2) is 8.21. The van der Waals surface area contributed by atoms with Gasteiger partial charge in [-0.25, -0.2) is 0 Å². The molecule has 1 aromatic rings. The van der Waals surface area contributed by atoms with Gasteiger partial charge in [-0.05, 0) is 57.5 Å². The van der Waals surface area contributed by atoms with E-state index in [0.29, 0.717) is 16.8 Å². The lowest BCUT2D eigenvalue weighted by Gasteiger charge is -2.50. The van der Waals surface area contributed by atoms with Crippen molar-refractivity contribution >= 4 is 23.2 Å². The number of carbonyl (C=O) groups excluding carboxylic acids is 3. The molecule has 0 aliphatic heterocycles. The van der Waals surface area contributed by atoms with Crippen LogP contribution in [0.4, 0.5) is 0 Å². The van der Waals surface area contributed by atoms with Crippen LogP contribution in [-0.2, 0) is 20.8 Å². The first-order chi connectivity index (χ1) is 16.4. The SMILES string of the molecule is CO/N=C(/C)c1ccc(O)c2c1C[C@H]1C[C@H]3[C@@H](N(C)C)C(O)=C(C(N)=O)C(=O)[C@@]3(O)C(O)=C1C2=O. The van der Waals surface area contributed by atoms with Crippen molar-refractivity contribution in [3.8, 4) is 5.75 Å². The fourth-order valence-electron chi connectivity index (χ4n) is 5.78. The Morgan fingerprint density at radius 2 is 1.89 bits per heavy atom. The highest BCUT2D eigenvalue weighted by Gasteiger charge is 2.63. The minimum atomic E-state index is -2.66. The number of rotatable bonds is 4. The van der Waals surface area contributed by atoms with E-state index in [0.717, 1.165) is 0 Å². The number of phenols is 1. The van der Waals surface area contributed by atoms with E-state index in [-0.39, 0.29) is 29.7 Å². The van der Waals surface area contributed by atoms with Gasteiger partial charge in [-0.3, -0.25) is 19.3 Å². The summed E-state index contributed by atoms with van der Waals surface area (Å²) in [6.07, 6.45) is 0.191. The summed E-state index contributed by atoms with van der Waals surface area (Å²) in [7, 11) is 4.53. The van der Waals surface area contributed by atoms with Gasteiger partial charge in [-0.2, -0.15) is 0 Å². The Balaban J connectivity index is 1.97. The Labute approximate surface area is 200 Å². The van der Waals surface area contributed by atoms with Gasteiger partial charge in [0, 0.05) is 17.1 Å². The number of likely N-dealkylation sites (N-methyl/N-ethyl adjacent to an activating group) is 1. The topological polar surface area (TPSA) is 183 Å². The van der Waals surface area contributed by atoms with Gasteiger partial charge < -0.3 is 31.0 Å². The number of hydrogen-bond acceptors (Lipinski definition) is 10. The summed E-state index contributed by atoms with van der Waals surface area (Å²) < 4.78 is 0. The number of primary amides is 1. The molecule has 0 heterocycles. The lowest BCUT2D eigenvalue weighted by Crippen LogP contribution is -2.63. The number of aliphatic hydroxyl groups excluding tert-OH is 2. The molecule has 3 aliphatic rings. The van der Waals surface area contributed by atoms with Crippen LogP contribution >= 0.6 is 0 Å². The van der Waals surface area contributed by atoms with Crippen LogP contribution in [0.2, 0.25) is 0 Å². The molecule has 11 heteroatoms. The van der Waals surface area contributed by atoms with Crippen LogP contribution in [-0.4, -0.2) is 81.4 Å². The van der Waals surface area contributed by atoms with Gasteiger partial charge in [0.25, 0.3) is 5.91 Å². The van der Waals surface area contributed by atoms with Gasteiger partial charge in [0.05, 0.1) is 17.3 Å². The number of phenolic OH excluding ortho intramolecular Hbond substituents is 1. The van der Waals surface area contributed by atoms with Gasteiger partial charge in [0.2, 0.25) is 5.78 Å². The summed E-state index contributed by atoms with van der Waals surface area (Å²) in [5, 5.41) is 48.1. The van der Waals surface area contributed by atoms with Crippen molar-refractivity contribution in [1.29, 1.82) is 0 Å². The number of benzene rings is 1. The van der Waals surface area contributed by atoms with Gasteiger partial charge in [-0.15, -0.1) is 0 Å². The Morgan fingerprint density at radius 1 is 1.23 bits per heavy atom. The third-order valence-corrected chi connectivity index (χ3v) is 7.22. The summed E-state index contributed by atoms with van der Waals surface area (Å²) >= 11 is 0. The number of amides is 1. The number of fused-ring (bicyclic) bond motifs is 3. The van der Waals surface area contributed by atoms with E-state index in [2.05, 4.69) is 5.16 Å². The Hall–Kier alpha value is -3.70. The second-order valence-corrected chi connectivity index (χ2v) is 9.31. The van der Waals surface area contributed by atoms with E-state index >= 15 is 0 Å². The molecule has 6 N–H and O–H groups in total. The fraction of sp³-hybridized carbons (Fsp3) is 0.417. The van der Waals surface area contributed by atoms with Crippen LogP contribution < -0.4 is 5.73 Å². The van der Waals surface area contributed by atoms with Crippen molar-refractivity contribution in [2.75, 3.05) is 21.2 Å². The van der Waals surface area contributed by atoms with E-state index < -0.39 is 58.0 Å². The molecule has 4 rings (SSSR count). The number of allylic oxidation sites excluding steroid dienone is 1. The maximum Gasteiger partial charge on any atom is 0.255 e. The highest BCUT2D eigenvalue weighted by molar-refractivity contribution is 6.25. The first-order valence-corrected chi connectivity index (χ1v) is 11.0. The highest BCUT2D eigenvalue weighted by Crippen LogP contribution is 2.52. The molecule has 35 heavy (non-hydrogen) atoms. The zero-order valence-electron chi connectivity index (χ0n) is 19.7. The summed E-state index contributed by atoms with van der Waals surface area (Å²) in [6, 6.07) is 1.88. The third kappa shape index (κ3) is 3.26. The molecule has 1 aromatic carbocycles. The molecule has 1 amide bonds. The molecular formula is C24H27N3O8. The van der Waals surface area contributed by atoms with Crippen molar-refractivity contribution in [3.63, 3.8) is 0 Å². The predicted molar refractivity (Wildman–Crippen MR) is 123 cm³/mol. The van der Waals surface area contributed by atoms with Crippen LogP contribution in [0.15, 0.2) is 40.0 Å². The standard InChI is InChI=1S/C24H27N3O8/c1-9(26-35-4)11-5-6-14(28)16-12(11)7-10-8-13-18(27(2)3)20(30)17(23(25)33)22(32)24(13,34)21(31)15(10)19(16)29/h5-6,10,13,18,28,30-31,34H,7-8H2,1-4H3,(H2,25,33)/b26-9-/t10-,13-,18+,24-/m0/s1. The first-order valence-electron chi connectivity index (χ1n) is 11.0. The highest BCUT2D eigenvalue weighted by atomic mass is 16.6. The molecule has 3 aliphatic carbocycles. The van der Waals surface area contributed by atoms with E-state index in [1.54, 1.807) is 27.1 Å². The van der Waals surface area contributed by atoms with Crippen LogP contribution in [0.25, 0.3) is 0 Å². The zero-order valence-corrected chi connectivity index (χ0v) is 19.7. The number of nitrogens with two attached hydrogens (primary N) is 1. The normalized spacial score (nSPS) is 28.6. The molecule has 4 atom stereocenters. The Bertz CT molecular complexity index is 1260. The van der Waals surface area contributed by atoms with Gasteiger partial charge >= 0.3 is 0 Å². The summed E-state index contributed by atoms with van der Waals surface area (Å²) in [5.74, 6) is -6.86. The largest absolute Gasteiger partial charge is 0.510 e. The molecule has 0 aromatic heterocycles. The number of aromatic hydroxyl groups is 1. The number of carbonyl (C=O) groups is 3. The molecule has 186 valence electrons. The van der Waals surface area contributed by atoms with Crippen LogP contribution in [0.1, 0.15) is 34.8 Å². The number of aliphatic hydroxyl groups is 3. The van der Waals surface area contributed by atoms with E-state index in [4.69, 9.17) is 10.6 Å². The van der Waals surface area contributed by atoms with Gasteiger partial charge in [0.1, 0.15) is 30.0 Å². The van der Waals surface area contributed by atoms with Gasteiger partial charge in [0.15, 0.2) is 11.4 Å². The minimum Gasteiger partial charge on any atom is -0.510 e. The van der Waals surface area contributed by atoms with Crippen molar-refractivity contribution in [3.05, 3.63) is 51.5 Å². The quantitative estimate of drug-likeness (QED) is 0.230. The lowest BCUT2D eigenvalue weighted by atomic mass is 9.58. The number of nitrogens with zero attached hydrogens (tertiary/aromatic N) is 2. The maximum absolute atomic E-state index is 13.6. The first kappa shape index (κ1) is 24.4. The summed E-state index contributed by atoms with van der Waals surface area (Å²) in [4.78, 5) is 45.2. The zero-order chi connectivity index (χ0) is 26.0. The molecular weight excluding hydrogens is 458 g/mol. The molecule has 0 spiro atoms. The average Bonchev–Trinajstić information content (AvgIpc) is 2.76. The van der Waals surface area contributed by atoms with Crippen molar-refractivity contribution < 1.29 is 39.6 Å². The van der Waals surface area contributed by atoms with Gasteiger partial charge in [-0.1, -0.05) is 5.16 Å². The molecule has 0 fully saturated rings. The number of ketones is 2. The Morgan fingerprint density at radius 3 is 2.46 bits per heavy atom. The average molecular weight is 485 g/mol. The molecule has 11 nitrogen and oxygen atoms in total. The van der Waals surface area contributed by atoms with Crippen LogP contribution in [0, 0.1) is 11.8 Å². The van der Waals surface area contributed by atoms with Crippen LogP contribution in [0.5, 0.6) is 5.75 Å². The van der Waals surface area contributed by atoms with Crippen molar-refractivity contribution in [2.45, 2.75) is 31.4 Å². The maximum atomic E-state index is 13.6. The molecule has 0 unspecified atom stereocenters. The molecule has 0 saturated carbocycles. The smallest absolute Gasteiger partial charge is 0.255 e. The molecule has 0 saturated heterocycles. The van der Waals surface area contributed by atoms with E-state index in [1.165, 1.54) is 18.1 Å². The van der Waals surface area contributed by atoms with Crippen molar-refractivity contribution in [2.24, 2.45) is 22.7 Å². The lowest BCUT2D eigenvalue weighted by molar-refractivity contribution is -0.148. The van der Waals surface area contributed by atoms with E-state index in [9.17, 15) is 34.8 Å². The minimum absolute atomic E-state index is 0.0152. The number of hydrogen-bond donors (Lipinski definition) is 5. The third-order valence-electron chi connectivity index (χ3n) is 7.22. The fourth-order valence-corrected chi connectivity index (χ4v) is 5.78. The summed E-state index contributed by atoms with van der Waals surface area (Å²) in [5.41, 5.74) is 3.05. The second-order valence-electron chi connectivity index (χ2n) is 9.31. The Kier molecular flexibility index (Phi) is 5.73. The van der Waals surface area contributed by atoms with Crippen molar-refractivity contribution in [1.82, 2.24) is 4.90 Å². The predicted octanol–water partition coefficient (Wildman–Crippen LogP) is 0.491.